The topological polar surface area (TPSA) is 40.5 Å². The van der Waals surface area contributed by atoms with Gasteiger partial charge in [0, 0.05) is 0 Å². The van der Waals surface area contributed by atoms with Gasteiger partial charge in [-0.15, -0.1) is 0 Å². The van der Waals surface area contributed by atoms with Crippen molar-refractivity contribution in [1.29, 1.82) is 0 Å². The molecule has 2 nitrogen and oxygen atoms in total. The van der Waals surface area contributed by atoms with Gasteiger partial charge in [0.2, 0.25) is 0 Å². The van der Waals surface area contributed by atoms with Crippen LogP contribution >= 0.6 is 0 Å². The van der Waals surface area contributed by atoms with Crippen LogP contribution in [0.1, 0.15) is 27.2 Å². The van der Waals surface area contributed by atoms with Gasteiger partial charge < -0.3 is 10.2 Å². The Labute approximate surface area is 79.0 Å². The summed E-state index contributed by atoms with van der Waals surface area (Å²) < 4.78 is 0. The monoisotopic (exact) mass is 182 g/mol. The number of hydrogen-bond donors (Lipinski definition) is 2. The van der Waals surface area contributed by atoms with Crippen LogP contribution in [0.5, 0.6) is 0 Å². The molecule has 3 rings (SSSR count). The summed E-state index contributed by atoms with van der Waals surface area (Å²) in [6.45, 7) is 6.30. The molecule has 0 aliphatic heterocycles. The number of aliphatic hydroxyl groups is 2. The highest BCUT2D eigenvalue weighted by Gasteiger charge is 2.80. The van der Waals surface area contributed by atoms with Crippen LogP contribution in [-0.4, -0.2) is 21.9 Å². The van der Waals surface area contributed by atoms with Crippen molar-refractivity contribution >= 4 is 0 Å². The van der Waals surface area contributed by atoms with Gasteiger partial charge in [0.1, 0.15) is 0 Å². The molecule has 0 radical (unpaired) electrons. The Morgan fingerprint density at radius 3 is 2.46 bits per heavy atom. The summed E-state index contributed by atoms with van der Waals surface area (Å²) in [6.07, 6.45) is 0.327. The maximum atomic E-state index is 10.2. The van der Waals surface area contributed by atoms with Gasteiger partial charge in [-0.2, -0.15) is 0 Å². The lowest BCUT2D eigenvalue weighted by atomic mass is 9.55. The van der Waals surface area contributed by atoms with Crippen LogP contribution in [0.15, 0.2) is 0 Å². The van der Waals surface area contributed by atoms with E-state index >= 15 is 0 Å². The number of hydrogen-bond acceptors (Lipinski definition) is 2. The summed E-state index contributed by atoms with van der Waals surface area (Å²) in [7, 11) is 0. The highest BCUT2D eigenvalue weighted by atomic mass is 16.3. The first-order chi connectivity index (χ1) is 5.88. The molecule has 3 fully saturated rings. The van der Waals surface area contributed by atoms with E-state index in [1.807, 2.05) is 6.92 Å². The van der Waals surface area contributed by atoms with E-state index in [9.17, 15) is 10.2 Å². The van der Waals surface area contributed by atoms with Crippen molar-refractivity contribution in [2.45, 2.75) is 38.9 Å². The molecule has 0 aromatic rings. The van der Waals surface area contributed by atoms with E-state index in [1.54, 1.807) is 0 Å². The van der Waals surface area contributed by atoms with Crippen LogP contribution in [0, 0.1) is 29.1 Å². The predicted octanol–water partition coefficient (Wildman–Crippen LogP) is 1.02. The normalized spacial score (nSPS) is 66.7. The standard InChI is InChI=1S/C11H18O2/c1-10(2)8-5-4-6(12)11(3,13)9(10)7(5)8/h5-9,12-13H,4H2,1-3H3. The van der Waals surface area contributed by atoms with Crippen molar-refractivity contribution in [2.75, 3.05) is 0 Å². The van der Waals surface area contributed by atoms with Gasteiger partial charge in [0.25, 0.3) is 0 Å². The molecular formula is C11H18O2. The number of fused-ring (bicyclic) bond motifs is 1. The molecule has 0 heterocycles. The van der Waals surface area contributed by atoms with E-state index in [1.165, 1.54) is 0 Å². The summed E-state index contributed by atoms with van der Waals surface area (Å²) >= 11 is 0. The molecule has 3 saturated carbocycles. The van der Waals surface area contributed by atoms with Gasteiger partial charge in [0.05, 0.1) is 11.7 Å². The third kappa shape index (κ3) is 0.668. The maximum Gasteiger partial charge on any atom is 0.0913 e. The first kappa shape index (κ1) is 8.25. The van der Waals surface area contributed by atoms with Crippen LogP contribution in [-0.2, 0) is 0 Å². The second-order valence-corrected chi connectivity index (χ2v) is 6.04. The molecule has 3 aliphatic carbocycles. The van der Waals surface area contributed by atoms with Crippen molar-refractivity contribution < 1.29 is 10.2 Å². The van der Waals surface area contributed by atoms with E-state index in [-0.39, 0.29) is 5.41 Å². The maximum absolute atomic E-state index is 10.2. The van der Waals surface area contributed by atoms with E-state index in [0.29, 0.717) is 5.92 Å². The van der Waals surface area contributed by atoms with Crippen LogP contribution in [0.25, 0.3) is 0 Å². The minimum absolute atomic E-state index is 0.260. The number of aliphatic hydroxyl groups excluding tert-OH is 1. The predicted molar refractivity (Wildman–Crippen MR) is 49.0 cm³/mol. The summed E-state index contributed by atoms with van der Waals surface area (Å²) in [5.41, 5.74) is -0.575. The molecule has 74 valence electrons. The first-order valence-electron chi connectivity index (χ1n) is 5.29. The highest BCUT2D eigenvalue weighted by molar-refractivity contribution is 5.27. The molecule has 0 amide bonds. The van der Waals surface area contributed by atoms with E-state index < -0.39 is 11.7 Å². The molecule has 2 heteroatoms. The average molecular weight is 182 g/mol. The zero-order valence-electron chi connectivity index (χ0n) is 8.49. The summed E-state index contributed by atoms with van der Waals surface area (Å²) in [6, 6.07) is 0. The fourth-order valence-corrected chi connectivity index (χ4v) is 4.64. The lowest BCUT2D eigenvalue weighted by Gasteiger charge is -2.53. The summed E-state index contributed by atoms with van der Waals surface area (Å²) in [5, 5.41) is 20.0. The fourth-order valence-electron chi connectivity index (χ4n) is 4.64. The van der Waals surface area contributed by atoms with E-state index in [0.717, 1.165) is 24.2 Å². The van der Waals surface area contributed by atoms with Crippen molar-refractivity contribution in [3.63, 3.8) is 0 Å². The van der Waals surface area contributed by atoms with E-state index in [2.05, 4.69) is 13.8 Å². The van der Waals surface area contributed by atoms with Crippen LogP contribution in [0.4, 0.5) is 0 Å². The SMILES string of the molecule is CC1(C)C2C3CC(O)C(C)(O)C1C32. The lowest BCUT2D eigenvalue weighted by molar-refractivity contribution is -0.177. The molecule has 0 spiro atoms. The second kappa shape index (κ2) is 1.82. The van der Waals surface area contributed by atoms with Crippen LogP contribution in [0.2, 0.25) is 0 Å². The smallest absolute Gasteiger partial charge is 0.0913 e. The quantitative estimate of drug-likeness (QED) is 0.587. The fraction of sp³-hybridized carbons (Fsp3) is 1.00. The van der Waals surface area contributed by atoms with Gasteiger partial charge in [-0.25, -0.2) is 0 Å². The Morgan fingerprint density at radius 2 is 1.85 bits per heavy atom. The van der Waals surface area contributed by atoms with Crippen molar-refractivity contribution in [3.8, 4) is 0 Å². The zero-order valence-corrected chi connectivity index (χ0v) is 8.49. The Morgan fingerprint density at radius 1 is 1.23 bits per heavy atom. The molecule has 0 saturated heterocycles. The van der Waals surface area contributed by atoms with Gasteiger partial charge in [-0.05, 0) is 42.4 Å². The first-order valence-corrected chi connectivity index (χ1v) is 5.29. The minimum atomic E-state index is -0.836. The minimum Gasteiger partial charge on any atom is -0.390 e. The molecular weight excluding hydrogens is 164 g/mol. The van der Waals surface area contributed by atoms with Crippen molar-refractivity contribution in [2.24, 2.45) is 29.1 Å². The average Bonchev–Trinajstić information content (AvgIpc) is 2.58. The van der Waals surface area contributed by atoms with Crippen molar-refractivity contribution in [3.05, 3.63) is 0 Å². The van der Waals surface area contributed by atoms with Crippen molar-refractivity contribution in [1.82, 2.24) is 0 Å². The Balaban J connectivity index is 2.01. The van der Waals surface area contributed by atoms with E-state index in [4.69, 9.17) is 0 Å². The highest BCUT2D eigenvalue weighted by Crippen LogP contribution is 2.80. The molecule has 0 aromatic carbocycles. The summed E-state index contributed by atoms with van der Waals surface area (Å²) in [4.78, 5) is 0. The van der Waals surface area contributed by atoms with Crippen LogP contribution < -0.4 is 0 Å². The Bertz CT molecular complexity index is 269. The Hall–Kier alpha value is -0.0800. The Kier molecular flexibility index (Phi) is 1.16. The third-order valence-electron chi connectivity index (χ3n) is 5.07. The molecule has 2 N–H and O–H groups in total. The zero-order chi connectivity index (χ0) is 9.59. The molecule has 0 bridgehead atoms. The molecule has 6 atom stereocenters. The lowest BCUT2D eigenvalue weighted by Crippen LogP contribution is -2.58. The molecule has 6 unspecified atom stereocenters. The molecule has 13 heavy (non-hydrogen) atoms. The van der Waals surface area contributed by atoms with Gasteiger partial charge in [-0.3, -0.25) is 0 Å². The molecule has 0 aromatic heterocycles. The molecule has 3 aliphatic rings. The van der Waals surface area contributed by atoms with Gasteiger partial charge in [0.15, 0.2) is 0 Å². The largest absolute Gasteiger partial charge is 0.390 e. The second-order valence-electron chi connectivity index (χ2n) is 6.04. The number of rotatable bonds is 0. The van der Waals surface area contributed by atoms with Gasteiger partial charge in [-0.1, -0.05) is 13.8 Å². The van der Waals surface area contributed by atoms with Crippen LogP contribution in [0.3, 0.4) is 0 Å². The van der Waals surface area contributed by atoms with Gasteiger partial charge >= 0.3 is 0 Å². The third-order valence-corrected chi connectivity index (χ3v) is 5.07. The summed E-state index contributed by atoms with van der Waals surface area (Å²) in [5.74, 6) is 2.57.